The van der Waals surface area contributed by atoms with Crippen LogP contribution in [0.25, 0.3) is 11.4 Å². The highest BCUT2D eigenvalue weighted by atomic mass is 19.4. The molecule has 30 heavy (non-hydrogen) atoms. The summed E-state index contributed by atoms with van der Waals surface area (Å²) in [5.41, 5.74) is 1.43. The third-order valence-corrected chi connectivity index (χ3v) is 4.68. The van der Waals surface area contributed by atoms with Gasteiger partial charge in [-0.1, -0.05) is 12.1 Å². The number of halogens is 3. The molecule has 1 aliphatic rings. The monoisotopic (exact) mass is 427 g/mol. The van der Waals surface area contributed by atoms with Gasteiger partial charge in [-0.15, -0.1) is 5.10 Å². The lowest BCUT2D eigenvalue weighted by Gasteiger charge is -2.34. The van der Waals surface area contributed by atoms with Gasteiger partial charge in [-0.05, 0) is 29.0 Å². The van der Waals surface area contributed by atoms with Crippen LogP contribution in [0.2, 0.25) is 0 Å². The highest BCUT2D eigenvalue weighted by molar-refractivity contribution is 5.90. The summed E-state index contributed by atoms with van der Waals surface area (Å²) in [6, 6.07) is 7.08. The molecule has 1 saturated heterocycles. The van der Waals surface area contributed by atoms with Crippen molar-refractivity contribution in [3.8, 4) is 11.4 Å². The maximum absolute atomic E-state index is 12.6. The predicted octanol–water partition coefficient (Wildman–Crippen LogP) is 2.00. The molecule has 1 fully saturated rings. The SMILES string of the molecule is Cn1nnnc1-c1cccc(NC(=O)N2CCN(CCCOCC(F)(F)F)CC2)c1. The smallest absolute Gasteiger partial charge is 0.372 e. The molecule has 0 atom stereocenters. The molecule has 1 aromatic heterocycles. The van der Waals surface area contributed by atoms with E-state index >= 15 is 0 Å². The van der Waals surface area contributed by atoms with Crippen LogP contribution in [-0.4, -0.2) is 88.2 Å². The molecule has 0 bridgehead atoms. The number of benzene rings is 1. The molecule has 2 aromatic rings. The lowest BCUT2D eigenvalue weighted by Crippen LogP contribution is -2.50. The van der Waals surface area contributed by atoms with E-state index in [2.05, 4.69) is 30.5 Å². The first-order chi connectivity index (χ1) is 14.3. The number of hydrogen-bond acceptors (Lipinski definition) is 6. The number of urea groups is 1. The van der Waals surface area contributed by atoms with Crippen molar-refractivity contribution in [2.24, 2.45) is 7.05 Å². The van der Waals surface area contributed by atoms with Gasteiger partial charge in [0.25, 0.3) is 0 Å². The average molecular weight is 427 g/mol. The van der Waals surface area contributed by atoms with Crippen LogP contribution in [0.1, 0.15) is 6.42 Å². The minimum absolute atomic E-state index is 0.0671. The number of aromatic nitrogens is 4. The van der Waals surface area contributed by atoms with Crippen LogP contribution < -0.4 is 5.32 Å². The number of alkyl halides is 3. The Kier molecular flexibility index (Phi) is 7.21. The van der Waals surface area contributed by atoms with Crippen LogP contribution in [0.3, 0.4) is 0 Å². The first kappa shape index (κ1) is 22.0. The zero-order valence-electron chi connectivity index (χ0n) is 16.6. The number of nitrogens with one attached hydrogen (secondary N) is 1. The van der Waals surface area contributed by atoms with Crippen molar-refractivity contribution < 1.29 is 22.7 Å². The van der Waals surface area contributed by atoms with Gasteiger partial charge in [0.1, 0.15) is 6.61 Å². The Balaban J connectivity index is 1.41. The van der Waals surface area contributed by atoms with Crippen LogP contribution >= 0.6 is 0 Å². The molecule has 1 aliphatic heterocycles. The lowest BCUT2D eigenvalue weighted by molar-refractivity contribution is -0.174. The molecule has 0 aliphatic carbocycles. The number of ether oxygens (including phenoxy) is 1. The van der Waals surface area contributed by atoms with Gasteiger partial charge in [0.15, 0.2) is 5.82 Å². The molecule has 3 rings (SSSR count). The number of carbonyl (C=O) groups excluding carboxylic acids is 1. The third kappa shape index (κ3) is 6.39. The van der Waals surface area contributed by atoms with Crippen LogP contribution in [0.15, 0.2) is 24.3 Å². The van der Waals surface area contributed by atoms with Crippen LogP contribution in [-0.2, 0) is 11.8 Å². The summed E-state index contributed by atoms with van der Waals surface area (Å²) in [7, 11) is 1.74. The number of tetrazole rings is 1. The van der Waals surface area contributed by atoms with E-state index in [1.165, 1.54) is 0 Å². The molecule has 12 heteroatoms. The molecule has 2 amide bonds. The maximum Gasteiger partial charge on any atom is 0.411 e. The molecule has 0 unspecified atom stereocenters. The fourth-order valence-electron chi connectivity index (χ4n) is 3.17. The molecule has 1 aromatic carbocycles. The van der Waals surface area contributed by atoms with Crippen molar-refractivity contribution in [1.29, 1.82) is 0 Å². The molecule has 0 spiro atoms. The first-order valence-electron chi connectivity index (χ1n) is 9.57. The number of aryl methyl sites for hydroxylation is 1. The van der Waals surface area contributed by atoms with Crippen molar-refractivity contribution in [1.82, 2.24) is 30.0 Å². The first-order valence-corrected chi connectivity index (χ1v) is 9.57. The van der Waals surface area contributed by atoms with Gasteiger partial charge in [-0.25, -0.2) is 9.48 Å². The summed E-state index contributed by atoms with van der Waals surface area (Å²) in [6.45, 7) is 1.91. The number of anilines is 1. The molecule has 0 saturated carbocycles. The molecule has 164 valence electrons. The third-order valence-electron chi connectivity index (χ3n) is 4.68. The van der Waals surface area contributed by atoms with Gasteiger partial charge in [0.05, 0.1) is 0 Å². The second-order valence-corrected chi connectivity index (χ2v) is 6.99. The highest BCUT2D eigenvalue weighted by Gasteiger charge is 2.27. The zero-order valence-corrected chi connectivity index (χ0v) is 16.6. The van der Waals surface area contributed by atoms with E-state index in [0.717, 1.165) is 5.56 Å². The quantitative estimate of drug-likeness (QED) is 0.680. The van der Waals surface area contributed by atoms with E-state index in [9.17, 15) is 18.0 Å². The van der Waals surface area contributed by atoms with Gasteiger partial charge in [0, 0.05) is 57.6 Å². The largest absolute Gasteiger partial charge is 0.411 e. The van der Waals surface area contributed by atoms with Crippen molar-refractivity contribution in [2.45, 2.75) is 12.6 Å². The number of nitrogens with zero attached hydrogens (tertiary/aromatic N) is 6. The Morgan fingerprint density at radius 1 is 1.23 bits per heavy atom. The number of piperazine rings is 1. The second kappa shape index (κ2) is 9.85. The topological polar surface area (TPSA) is 88.4 Å². The second-order valence-electron chi connectivity index (χ2n) is 6.99. The van der Waals surface area contributed by atoms with E-state index in [0.29, 0.717) is 50.7 Å². The minimum Gasteiger partial charge on any atom is -0.372 e. The molecule has 2 heterocycles. The van der Waals surface area contributed by atoms with Crippen LogP contribution in [0.5, 0.6) is 0 Å². The molecular weight excluding hydrogens is 403 g/mol. The van der Waals surface area contributed by atoms with Gasteiger partial charge in [-0.3, -0.25) is 4.90 Å². The van der Waals surface area contributed by atoms with Crippen molar-refractivity contribution in [2.75, 3.05) is 51.3 Å². The van der Waals surface area contributed by atoms with Gasteiger partial charge in [0.2, 0.25) is 0 Å². The Hall–Kier alpha value is -2.73. The Morgan fingerprint density at radius 2 is 2.00 bits per heavy atom. The molecule has 1 N–H and O–H groups in total. The summed E-state index contributed by atoms with van der Waals surface area (Å²) in [4.78, 5) is 16.4. The summed E-state index contributed by atoms with van der Waals surface area (Å²) < 4.78 is 42.3. The summed E-state index contributed by atoms with van der Waals surface area (Å²) in [6.07, 6.45) is -3.77. The zero-order chi connectivity index (χ0) is 21.6. The lowest BCUT2D eigenvalue weighted by atomic mass is 10.2. The standard InChI is InChI=1S/C18H24F3N7O2/c1-26-16(23-24-25-26)14-4-2-5-15(12-14)22-17(29)28-9-7-27(8-10-28)6-3-11-30-13-18(19,20)21/h2,4-5,12H,3,6-11,13H2,1H3,(H,22,29). The maximum atomic E-state index is 12.6. The van der Waals surface area contributed by atoms with Gasteiger partial charge in [-0.2, -0.15) is 13.2 Å². The van der Waals surface area contributed by atoms with Crippen LogP contribution in [0, 0.1) is 0 Å². The van der Waals surface area contributed by atoms with Gasteiger partial charge >= 0.3 is 12.2 Å². The fourth-order valence-corrected chi connectivity index (χ4v) is 3.17. The fraction of sp³-hybridized carbons (Fsp3) is 0.556. The number of rotatable bonds is 7. The summed E-state index contributed by atoms with van der Waals surface area (Å²) in [5.74, 6) is 0.596. The Bertz CT molecular complexity index is 835. The van der Waals surface area contributed by atoms with Crippen molar-refractivity contribution in [3.05, 3.63) is 24.3 Å². The summed E-state index contributed by atoms with van der Waals surface area (Å²) >= 11 is 0. The molecular formula is C18H24F3N7O2. The van der Waals surface area contributed by atoms with Crippen molar-refractivity contribution >= 4 is 11.7 Å². The average Bonchev–Trinajstić information content (AvgIpc) is 3.13. The minimum atomic E-state index is -4.29. The van der Waals surface area contributed by atoms with E-state index < -0.39 is 12.8 Å². The molecule has 0 radical (unpaired) electrons. The van der Waals surface area contributed by atoms with E-state index in [4.69, 9.17) is 0 Å². The Morgan fingerprint density at radius 3 is 2.67 bits per heavy atom. The summed E-state index contributed by atoms with van der Waals surface area (Å²) in [5, 5.41) is 14.3. The van der Waals surface area contributed by atoms with Crippen LogP contribution in [0.4, 0.5) is 23.7 Å². The number of carbonyl (C=O) groups is 1. The van der Waals surface area contributed by atoms with E-state index in [1.807, 2.05) is 12.1 Å². The van der Waals surface area contributed by atoms with Gasteiger partial charge < -0.3 is 15.0 Å². The normalized spacial score (nSPS) is 15.4. The predicted molar refractivity (Wildman–Crippen MR) is 103 cm³/mol. The van der Waals surface area contributed by atoms with Crippen molar-refractivity contribution in [3.63, 3.8) is 0 Å². The number of hydrogen-bond donors (Lipinski definition) is 1. The highest BCUT2D eigenvalue weighted by Crippen LogP contribution is 2.20. The van der Waals surface area contributed by atoms with E-state index in [-0.39, 0.29) is 12.6 Å². The number of amides is 2. The van der Waals surface area contributed by atoms with E-state index in [1.54, 1.807) is 28.8 Å². The Labute approximate surface area is 171 Å². The molecule has 9 nitrogen and oxygen atoms in total.